The quantitative estimate of drug-likeness (QED) is 0.512. The topological polar surface area (TPSA) is 104 Å². The SMILES string of the molecule is CC(C)Oc1ccc(-c2nc(-c3cccc4c3CCC[C@@H]4NC(=O)N3CC[C@H](C)C3)no2)cc1C#N. The molecule has 0 radical (unpaired) electrons. The smallest absolute Gasteiger partial charge is 0.317 e. The van der Waals surface area contributed by atoms with Crippen LogP contribution in [0.25, 0.3) is 22.8 Å². The van der Waals surface area contributed by atoms with Crippen LogP contribution in [0.1, 0.15) is 62.8 Å². The summed E-state index contributed by atoms with van der Waals surface area (Å²) in [4.78, 5) is 19.4. The number of hydrogen-bond donors (Lipinski definition) is 1. The minimum atomic E-state index is -0.0327. The van der Waals surface area contributed by atoms with E-state index in [0.29, 0.717) is 34.5 Å². The average molecular weight is 486 g/mol. The van der Waals surface area contributed by atoms with Gasteiger partial charge in [-0.1, -0.05) is 30.3 Å². The predicted molar refractivity (Wildman–Crippen MR) is 135 cm³/mol. The Kier molecular flexibility index (Phi) is 6.64. The number of hydrogen-bond acceptors (Lipinski definition) is 6. The lowest BCUT2D eigenvalue weighted by atomic mass is 9.84. The highest BCUT2D eigenvalue weighted by molar-refractivity contribution is 5.75. The van der Waals surface area contributed by atoms with Gasteiger partial charge in [-0.2, -0.15) is 10.2 Å². The lowest BCUT2D eigenvalue weighted by Gasteiger charge is -2.29. The molecule has 8 heteroatoms. The summed E-state index contributed by atoms with van der Waals surface area (Å²) in [5.74, 6) is 1.93. The maximum absolute atomic E-state index is 12.9. The zero-order valence-corrected chi connectivity index (χ0v) is 21.0. The minimum absolute atomic E-state index is 0.0163. The monoisotopic (exact) mass is 485 g/mol. The van der Waals surface area contributed by atoms with Crippen LogP contribution in [0.15, 0.2) is 40.9 Å². The van der Waals surface area contributed by atoms with Gasteiger partial charge in [0.15, 0.2) is 0 Å². The molecule has 36 heavy (non-hydrogen) atoms. The fourth-order valence-corrected chi connectivity index (χ4v) is 5.13. The van der Waals surface area contributed by atoms with Gasteiger partial charge in [0.2, 0.25) is 5.82 Å². The lowest BCUT2D eigenvalue weighted by Crippen LogP contribution is -2.41. The summed E-state index contributed by atoms with van der Waals surface area (Å²) in [6, 6.07) is 13.5. The average Bonchev–Trinajstić information content (AvgIpc) is 3.53. The Labute approximate surface area is 211 Å². The number of nitrogens with one attached hydrogen (secondary N) is 1. The second-order valence-electron chi connectivity index (χ2n) is 10.0. The van der Waals surface area contributed by atoms with E-state index in [1.165, 1.54) is 0 Å². The highest BCUT2D eigenvalue weighted by Gasteiger charge is 2.29. The van der Waals surface area contributed by atoms with Crippen LogP contribution >= 0.6 is 0 Å². The Morgan fingerprint density at radius 2 is 2.14 bits per heavy atom. The number of carbonyl (C=O) groups excluding carboxylic acids is 1. The van der Waals surface area contributed by atoms with E-state index >= 15 is 0 Å². The highest BCUT2D eigenvalue weighted by Crippen LogP contribution is 2.36. The normalized spacial score (nSPS) is 19.1. The predicted octanol–water partition coefficient (Wildman–Crippen LogP) is 5.49. The molecular weight excluding hydrogens is 454 g/mol. The summed E-state index contributed by atoms with van der Waals surface area (Å²) in [7, 11) is 0. The van der Waals surface area contributed by atoms with Gasteiger partial charge in [-0.05, 0) is 74.8 Å². The first kappa shape index (κ1) is 23.9. The molecule has 2 amide bonds. The van der Waals surface area contributed by atoms with Crippen molar-refractivity contribution >= 4 is 6.03 Å². The molecule has 0 saturated carbocycles. The second kappa shape index (κ2) is 10.0. The Balaban J connectivity index is 1.40. The lowest BCUT2D eigenvalue weighted by molar-refractivity contribution is 0.201. The van der Waals surface area contributed by atoms with Gasteiger partial charge in [-0.15, -0.1) is 0 Å². The number of urea groups is 1. The zero-order valence-electron chi connectivity index (χ0n) is 21.0. The second-order valence-corrected chi connectivity index (χ2v) is 10.0. The molecule has 1 fully saturated rings. The Bertz CT molecular complexity index is 1310. The van der Waals surface area contributed by atoms with Crippen molar-refractivity contribution in [1.29, 1.82) is 5.26 Å². The van der Waals surface area contributed by atoms with Crippen molar-refractivity contribution in [3.63, 3.8) is 0 Å². The molecule has 2 atom stereocenters. The Morgan fingerprint density at radius 3 is 2.89 bits per heavy atom. The number of amides is 2. The van der Waals surface area contributed by atoms with Crippen LogP contribution in [0.5, 0.6) is 5.75 Å². The van der Waals surface area contributed by atoms with Gasteiger partial charge in [-0.3, -0.25) is 0 Å². The molecule has 1 aliphatic carbocycles. The van der Waals surface area contributed by atoms with Crippen molar-refractivity contribution in [3.05, 3.63) is 53.1 Å². The number of nitriles is 1. The molecular formula is C28H31N5O3. The van der Waals surface area contributed by atoms with Crippen LogP contribution in [0.4, 0.5) is 4.79 Å². The van der Waals surface area contributed by atoms with Crippen molar-refractivity contribution < 1.29 is 14.1 Å². The van der Waals surface area contributed by atoms with Crippen molar-refractivity contribution in [3.8, 4) is 34.7 Å². The molecule has 2 aliphatic rings. The Hall–Kier alpha value is -3.86. The van der Waals surface area contributed by atoms with Crippen LogP contribution < -0.4 is 10.1 Å². The molecule has 2 aromatic carbocycles. The van der Waals surface area contributed by atoms with Crippen LogP contribution in [0.2, 0.25) is 0 Å². The van der Waals surface area contributed by atoms with Crippen molar-refractivity contribution in [2.45, 2.75) is 58.6 Å². The van der Waals surface area contributed by atoms with E-state index in [1.807, 2.05) is 36.9 Å². The third-order valence-electron chi connectivity index (χ3n) is 6.89. The summed E-state index contributed by atoms with van der Waals surface area (Å²) in [6.07, 6.45) is 3.80. The highest BCUT2D eigenvalue weighted by atomic mass is 16.5. The summed E-state index contributed by atoms with van der Waals surface area (Å²) in [5, 5.41) is 17.1. The number of ether oxygens (including phenoxy) is 1. The van der Waals surface area contributed by atoms with Gasteiger partial charge >= 0.3 is 6.03 Å². The molecule has 3 aromatic rings. The van der Waals surface area contributed by atoms with Gasteiger partial charge in [0.05, 0.1) is 17.7 Å². The van der Waals surface area contributed by atoms with E-state index in [0.717, 1.165) is 55.5 Å². The molecule has 8 nitrogen and oxygen atoms in total. The Morgan fingerprint density at radius 1 is 1.28 bits per heavy atom. The van der Waals surface area contributed by atoms with Gasteiger partial charge < -0.3 is 19.5 Å². The van der Waals surface area contributed by atoms with Crippen LogP contribution in [0.3, 0.4) is 0 Å². The van der Waals surface area contributed by atoms with Crippen LogP contribution in [-0.2, 0) is 6.42 Å². The van der Waals surface area contributed by atoms with E-state index in [1.54, 1.807) is 12.1 Å². The van der Waals surface area contributed by atoms with Gasteiger partial charge in [-0.25, -0.2) is 4.79 Å². The molecule has 0 spiro atoms. The molecule has 0 bridgehead atoms. The van der Waals surface area contributed by atoms with Crippen molar-refractivity contribution in [2.75, 3.05) is 13.1 Å². The molecule has 1 saturated heterocycles. The van der Waals surface area contributed by atoms with Gasteiger partial charge in [0.25, 0.3) is 5.89 Å². The maximum Gasteiger partial charge on any atom is 0.317 e. The summed E-state index contributed by atoms with van der Waals surface area (Å²) < 4.78 is 11.3. The first-order chi connectivity index (χ1) is 17.4. The number of rotatable bonds is 5. The molecule has 186 valence electrons. The molecule has 5 rings (SSSR count). The van der Waals surface area contributed by atoms with Gasteiger partial charge in [0.1, 0.15) is 11.8 Å². The number of benzene rings is 2. The third-order valence-corrected chi connectivity index (χ3v) is 6.89. The summed E-state index contributed by atoms with van der Waals surface area (Å²) in [6.45, 7) is 7.65. The molecule has 2 heterocycles. The largest absolute Gasteiger partial charge is 0.490 e. The molecule has 1 aromatic heterocycles. The van der Waals surface area contributed by atoms with Crippen LogP contribution in [0, 0.1) is 17.2 Å². The maximum atomic E-state index is 12.9. The number of carbonyl (C=O) groups is 1. The molecule has 1 aliphatic heterocycles. The minimum Gasteiger partial charge on any atom is -0.490 e. The third kappa shape index (κ3) is 4.78. The van der Waals surface area contributed by atoms with Crippen LogP contribution in [-0.4, -0.2) is 40.3 Å². The number of aromatic nitrogens is 2. The zero-order chi connectivity index (χ0) is 25.2. The van der Waals surface area contributed by atoms with E-state index in [9.17, 15) is 10.1 Å². The fourth-order valence-electron chi connectivity index (χ4n) is 5.13. The molecule has 0 unspecified atom stereocenters. The fraction of sp³-hybridized carbons (Fsp3) is 0.429. The first-order valence-electron chi connectivity index (χ1n) is 12.7. The standard InChI is InChI=1S/C28H31N5O3/c1-17(2)35-25-11-10-19(14-20(25)15-29)27-31-26(32-36-27)23-8-4-7-22-21(23)6-5-9-24(22)30-28(34)33-13-12-18(3)16-33/h4,7-8,10-11,14,17-18,24H,5-6,9,12-13,16H2,1-3H3,(H,30,34)/t18-,24-/m0/s1. The summed E-state index contributed by atoms with van der Waals surface area (Å²) >= 11 is 0. The van der Waals surface area contributed by atoms with E-state index < -0.39 is 0 Å². The van der Waals surface area contributed by atoms with E-state index in [4.69, 9.17) is 9.26 Å². The van der Waals surface area contributed by atoms with Gasteiger partial charge in [0, 0.05) is 24.2 Å². The van der Waals surface area contributed by atoms with E-state index in [2.05, 4.69) is 34.5 Å². The van der Waals surface area contributed by atoms with E-state index in [-0.39, 0.29) is 18.2 Å². The number of fused-ring (bicyclic) bond motifs is 1. The van der Waals surface area contributed by atoms with Crippen molar-refractivity contribution in [2.24, 2.45) is 5.92 Å². The van der Waals surface area contributed by atoms with Crippen molar-refractivity contribution in [1.82, 2.24) is 20.4 Å². The summed E-state index contributed by atoms with van der Waals surface area (Å²) in [5.41, 5.74) is 4.26. The molecule has 1 N–H and O–H groups in total. The number of nitrogens with zero attached hydrogens (tertiary/aromatic N) is 4. The number of likely N-dealkylation sites (tertiary alicyclic amines) is 1. The first-order valence-corrected chi connectivity index (χ1v) is 12.7.